The summed E-state index contributed by atoms with van der Waals surface area (Å²) >= 11 is 10.4. The fourth-order valence-corrected chi connectivity index (χ4v) is 3.71. The molecular formula is C21H25AuN3S2-2. The molecule has 27 heavy (non-hydrogen) atoms. The molecule has 0 atom stereocenters. The van der Waals surface area contributed by atoms with Crippen molar-refractivity contribution in [2.45, 2.75) is 23.5 Å². The summed E-state index contributed by atoms with van der Waals surface area (Å²) in [5.41, 5.74) is 4.67. The van der Waals surface area contributed by atoms with Gasteiger partial charge in [0, 0.05) is 48.4 Å². The van der Waals surface area contributed by atoms with Crippen LogP contribution in [0.25, 0.3) is 0 Å². The average Bonchev–Trinajstić information content (AvgIpc) is 2.67. The van der Waals surface area contributed by atoms with E-state index in [0.717, 1.165) is 37.2 Å². The van der Waals surface area contributed by atoms with E-state index in [1.807, 2.05) is 20.3 Å². The van der Waals surface area contributed by atoms with Crippen molar-refractivity contribution in [3.8, 4) is 0 Å². The van der Waals surface area contributed by atoms with Crippen LogP contribution in [0.2, 0.25) is 0 Å². The van der Waals surface area contributed by atoms with Gasteiger partial charge in [0.1, 0.15) is 0 Å². The molecule has 1 saturated heterocycles. The van der Waals surface area contributed by atoms with Gasteiger partial charge in [-0.05, 0) is 67.2 Å². The Morgan fingerprint density at radius 3 is 2.11 bits per heavy atom. The molecule has 1 radical (unpaired) electrons. The molecule has 1 aliphatic rings. The minimum atomic E-state index is -0.167. The number of aliphatic imine (C=N–C) groups is 1. The Bertz CT molecular complexity index is 722. The SMILES string of the molecule is CN(C)c1ccc(C=Nc2ccc(C3CCN(C([S-])[S-])CC3)cc2)cc1.[Au]. The number of nitrogens with zero attached hydrogens (tertiary/aromatic N) is 3. The van der Waals surface area contributed by atoms with Crippen molar-refractivity contribution in [2.24, 2.45) is 4.99 Å². The van der Waals surface area contributed by atoms with E-state index in [2.05, 4.69) is 63.3 Å². The summed E-state index contributed by atoms with van der Waals surface area (Å²) in [4.78, 5) is 8.90. The Kier molecular flexibility index (Phi) is 8.99. The van der Waals surface area contributed by atoms with Gasteiger partial charge in [-0.3, -0.25) is 4.99 Å². The van der Waals surface area contributed by atoms with Gasteiger partial charge in [0.15, 0.2) is 0 Å². The van der Waals surface area contributed by atoms with Gasteiger partial charge in [0.2, 0.25) is 0 Å². The summed E-state index contributed by atoms with van der Waals surface area (Å²) in [5.74, 6) is 0.603. The molecule has 0 spiro atoms. The summed E-state index contributed by atoms with van der Waals surface area (Å²) in [6, 6.07) is 17.0. The molecule has 0 N–H and O–H groups in total. The van der Waals surface area contributed by atoms with Gasteiger partial charge in [-0.15, -0.1) is 0 Å². The molecule has 1 fully saturated rings. The van der Waals surface area contributed by atoms with E-state index in [1.54, 1.807) is 0 Å². The van der Waals surface area contributed by atoms with Crippen molar-refractivity contribution in [3.63, 3.8) is 0 Å². The molecule has 0 aliphatic carbocycles. The van der Waals surface area contributed by atoms with E-state index >= 15 is 0 Å². The Morgan fingerprint density at radius 2 is 1.59 bits per heavy atom. The second-order valence-corrected chi connectivity index (χ2v) is 8.14. The Labute approximate surface area is 189 Å². The van der Waals surface area contributed by atoms with E-state index in [9.17, 15) is 0 Å². The number of piperidine rings is 1. The molecule has 3 nitrogen and oxygen atoms in total. The van der Waals surface area contributed by atoms with Crippen molar-refractivity contribution in [1.82, 2.24) is 4.90 Å². The fraction of sp³-hybridized carbons (Fsp3) is 0.381. The van der Waals surface area contributed by atoms with E-state index in [4.69, 9.17) is 25.3 Å². The van der Waals surface area contributed by atoms with Gasteiger partial charge in [-0.25, -0.2) is 4.71 Å². The second kappa shape index (κ2) is 10.7. The van der Waals surface area contributed by atoms with E-state index in [1.165, 1.54) is 11.3 Å². The molecule has 0 unspecified atom stereocenters. The normalized spacial score (nSPS) is 15.9. The first-order chi connectivity index (χ1) is 12.5. The van der Waals surface area contributed by atoms with Gasteiger partial charge in [0.25, 0.3) is 0 Å². The Hall–Kier alpha value is -0.690. The van der Waals surface area contributed by atoms with Crippen LogP contribution < -0.4 is 4.90 Å². The van der Waals surface area contributed by atoms with Crippen LogP contribution in [0.1, 0.15) is 29.9 Å². The fourth-order valence-electron chi connectivity index (χ4n) is 3.28. The summed E-state index contributed by atoms with van der Waals surface area (Å²) in [6.07, 6.45) is 4.18. The molecule has 6 heteroatoms. The maximum absolute atomic E-state index is 5.18. The third-order valence-corrected chi connectivity index (χ3v) is 5.56. The zero-order valence-corrected chi connectivity index (χ0v) is 19.4. The van der Waals surface area contributed by atoms with Crippen LogP contribution in [0.4, 0.5) is 11.4 Å². The van der Waals surface area contributed by atoms with Crippen molar-refractivity contribution in [1.29, 1.82) is 0 Å². The molecule has 0 amide bonds. The van der Waals surface area contributed by atoms with Crippen molar-refractivity contribution >= 4 is 42.8 Å². The van der Waals surface area contributed by atoms with Crippen LogP contribution in [0.15, 0.2) is 53.5 Å². The first kappa shape index (κ1) is 22.6. The van der Waals surface area contributed by atoms with Crippen LogP contribution in [-0.4, -0.2) is 43.0 Å². The quantitative estimate of drug-likeness (QED) is 0.302. The standard InChI is InChI=1S/C21H27N3S2.Au/c1-23(2)20-9-3-16(4-10-20)15-22-19-7-5-17(6-8-19)18-11-13-24(14-12-18)21(25)26;/h3-10,15,18,21,25-26H,11-14H2,1-2H3;/p-2. The van der Waals surface area contributed by atoms with E-state index in [-0.39, 0.29) is 27.1 Å². The van der Waals surface area contributed by atoms with Gasteiger partial charge >= 0.3 is 0 Å². The minimum absolute atomic E-state index is 0. The summed E-state index contributed by atoms with van der Waals surface area (Å²) in [7, 11) is 4.09. The molecule has 3 rings (SSSR count). The monoisotopic (exact) mass is 580 g/mol. The summed E-state index contributed by atoms with van der Waals surface area (Å²) in [5, 5.41) is 0. The maximum atomic E-state index is 5.18. The number of anilines is 1. The molecular weight excluding hydrogens is 555 g/mol. The first-order valence-electron chi connectivity index (χ1n) is 9.00. The predicted octanol–water partition coefficient (Wildman–Crippen LogP) is 4.06. The third-order valence-electron chi connectivity index (χ3n) is 4.96. The molecule has 149 valence electrons. The van der Waals surface area contributed by atoms with Gasteiger partial charge < -0.3 is 35.1 Å². The maximum Gasteiger partial charge on any atom is 0.0630 e. The zero-order valence-electron chi connectivity index (χ0n) is 15.6. The minimum Gasteiger partial charge on any atom is -0.800 e. The Balaban J connectivity index is 0.00000261. The van der Waals surface area contributed by atoms with Gasteiger partial charge in [-0.2, -0.15) is 0 Å². The number of hydrogen-bond acceptors (Lipinski definition) is 5. The van der Waals surface area contributed by atoms with Gasteiger partial charge in [0.05, 0.1) is 5.69 Å². The predicted molar refractivity (Wildman–Crippen MR) is 117 cm³/mol. The second-order valence-electron chi connectivity index (χ2n) is 6.95. The molecule has 2 aromatic rings. The molecule has 0 bridgehead atoms. The number of benzene rings is 2. The molecule has 0 aromatic heterocycles. The summed E-state index contributed by atoms with van der Waals surface area (Å²) < 4.78 is -0.167. The number of likely N-dealkylation sites (tertiary alicyclic amines) is 1. The van der Waals surface area contributed by atoms with Crippen LogP contribution in [0.5, 0.6) is 0 Å². The van der Waals surface area contributed by atoms with Gasteiger partial charge in [-0.1, -0.05) is 24.3 Å². The van der Waals surface area contributed by atoms with Crippen molar-refractivity contribution in [3.05, 3.63) is 59.7 Å². The molecule has 2 aromatic carbocycles. The topological polar surface area (TPSA) is 18.8 Å². The van der Waals surface area contributed by atoms with Crippen LogP contribution >= 0.6 is 0 Å². The van der Waals surface area contributed by atoms with Crippen molar-refractivity contribution < 1.29 is 22.4 Å². The number of rotatable bonds is 5. The van der Waals surface area contributed by atoms with Crippen LogP contribution in [0, 0.1) is 0 Å². The smallest absolute Gasteiger partial charge is 0.0630 e. The first-order valence-corrected chi connectivity index (χ1v) is 9.94. The van der Waals surface area contributed by atoms with E-state index < -0.39 is 0 Å². The molecule has 1 heterocycles. The van der Waals surface area contributed by atoms with E-state index in [0.29, 0.717) is 5.92 Å². The molecule has 1 aliphatic heterocycles. The van der Waals surface area contributed by atoms with Crippen LogP contribution in [0.3, 0.4) is 0 Å². The third kappa shape index (κ3) is 6.41. The average molecular weight is 581 g/mol. The Morgan fingerprint density at radius 1 is 1.00 bits per heavy atom. The largest absolute Gasteiger partial charge is 0.800 e. The summed E-state index contributed by atoms with van der Waals surface area (Å²) in [6.45, 7) is 2.01. The van der Waals surface area contributed by atoms with Crippen molar-refractivity contribution in [2.75, 3.05) is 32.1 Å². The molecule has 0 saturated carbocycles. The number of hydrogen-bond donors (Lipinski definition) is 0. The zero-order chi connectivity index (χ0) is 18.5. The van der Waals surface area contributed by atoms with Crippen LogP contribution in [-0.2, 0) is 47.6 Å².